The van der Waals surface area contributed by atoms with Crippen LogP contribution in [0, 0.1) is 0 Å². The second-order valence-electron chi connectivity index (χ2n) is 3.44. The minimum absolute atomic E-state index is 0.500. The number of rotatable bonds is 3. The molecule has 0 atom stereocenters. The third-order valence-electron chi connectivity index (χ3n) is 2.27. The largest absolute Gasteiger partial charge is 0.495 e. The Bertz CT molecular complexity index is 529. The molecule has 0 fully saturated rings. The lowest BCUT2D eigenvalue weighted by atomic mass is 10.3. The van der Waals surface area contributed by atoms with Gasteiger partial charge in [0.25, 0.3) is 0 Å². The molecule has 0 saturated heterocycles. The van der Waals surface area contributed by atoms with Gasteiger partial charge in [0.2, 0.25) is 0 Å². The zero-order valence-corrected chi connectivity index (χ0v) is 10.1. The summed E-state index contributed by atoms with van der Waals surface area (Å²) in [6.07, 6.45) is 0. The van der Waals surface area contributed by atoms with E-state index in [4.69, 9.17) is 26.8 Å². The third kappa shape index (κ3) is 2.63. The lowest BCUT2D eigenvalue weighted by molar-refractivity contribution is 0.413. The van der Waals surface area contributed by atoms with Gasteiger partial charge in [-0.1, -0.05) is 23.7 Å². The standard InChI is InChI=1S/C13H12ClNO2/c1-16-12-7-6-9(8-10(12)14)17-13-5-3-2-4-11(13)15/h2-8H,15H2,1H3. The number of ether oxygens (including phenoxy) is 2. The summed E-state index contributed by atoms with van der Waals surface area (Å²) in [5, 5.41) is 0.500. The molecule has 0 aromatic heterocycles. The maximum atomic E-state index is 6.00. The van der Waals surface area contributed by atoms with E-state index in [0.717, 1.165) is 0 Å². The average molecular weight is 250 g/mol. The Morgan fingerprint density at radius 3 is 2.47 bits per heavy atom. The minimum Gasteiger partial charge on any atom is -0.495 e. The molecule has 2 N–H and O–H groups in total. The van der Waals surface area contributed by atoms with Gasteiger partial charge < -0.3 is 15.2 Å². The quantitative estimate of drug-likeness (QED) is 0.843. The van der Waals surface area contributed by atoms with Gasteiger partial charge in [0.1, 0.15) is 17.2 Å². The Morgan fingerprint density at radius 1 is 1.06 bits per heavy atom. The first-order valence-corrected chi connectivity index (χ1v) is 5.44. The lowest BCUT2D eigenvalue weighted by Gasteiger charge is -2.09. The van der Waals surface area contributed by atoms with Crippen LogP contribution in [-0.2, 0) is 0 Å². The Hall–Kier alpha value is -1.87. The van der Waals surface area contributed by atoms with Crippen molar-refractivity contribution in [3.63, 3.8) is 0 Å². The summed E-state index contributed by atoms with van der Waals surface area (Å²) in [6, 6.07) is 12.5. The number of benzene rings is 2. The van der Waals surface area contributed by atoms with E-state index in [1.54, 1.807) is 37.4 Å². The Kier molecular flexibility index (Phi) is 3.40. The van der Waals surface area contributed by atoms with E-state index in [1.807, 2.05) is 12.1 Å². The summed E-state index contributed by atoms with van der Waals surface area (Å²) < 4.78 is 10.7. The summed E-state index contributed by atoms with van der Waals surface area (Å²) in [5.41, 5.74) is 6.36. The summed E-state index contributed by atoms with van der Waals surface area (Å²) in [4.78, 5) is 0. The van der Waals surface area contributed by atoms with Crippen LogP contribution in [0.2, 0.25) is 5.02 Å². The predicted molar refractivity (Wildman–Crippen MR) is 68.9 cm³/mol. The van der Waals surface area contributed by atoms with E-state index < -0.39 is 0 Å². The Labute approximate surface area is 105 Å². The van der Waals surface area contributed by atoms with Crippen molar-refractivity contribution in [2.75, 3.05) is 12.8 Å². The summed E-state index contributed by atoms with van der Waals surface area (Å²) >= 11 is 6.00. The minimum atomic E-state index is 0.500. The average Bonchev–Trinajstić information content (AvgIpc) is 2.32. The molecule has 0 bridgehead atoms. The van der Waals surface area contributed by atoms with Gasteiger partial charge in [-0.25, -0.2) is 0 Å². The molecule has 2 rings (SSSR count). The number of methoxy groups -OCH3 is 1. The molecule has 0 heterocycles. The van der Waals surface area contributed by atoms with Crippen LogP contribution in [0.1, 0.15) is 0 Å². The van der Waals surface area contributed by atoms with Crippen LogP contribution < -0.4 is 15.2 Å². The van der Waals surface area contributed by atoms with Crippen molar-refractivity contribution in [2.24, 2.45) is 0 Å². The Balaban J connectivity index is 2.25. The van der Waals surface area contributed by atoms with E-state index in [-0.39, 0.29) is 0 Å². The normalized spacial score (nSPS) is 10.0. The van der Waals surface area contributed by atoms with Gasteiger partial charge in [0.15, 0.2) is 0 Å². The first kappa shape index (κ1) is 11.6. The fourth-order valence-electron chi connectivity index (χ4n) is 1.41. The van der Waals surface area contributed by atoms with Gasteiger partial charge in [0.05, 0.1) is 17.8 Å². The molecule has 17 heavy (non-hydrogen) atoms. The van der Waals surface area contributed by atoms with Crippen LogP contribution >= 0.6 is 11.6 Å². The molecule has 4 heteroatoms. The van der Waals surface area contributed by atoms with E-state index in [1.165, 1.54) is 0 Å². The van der Waals surface area contributed by atoms with Crippen LogP contribution in [-0.4, -0.2) is 7.11 Å². The highest BCUT2D eigenvalue weighted by molar-refractivity contribution is 6.32. The van der Waals surface area contributed by atoms with Crippen LogP contribution in [0.4, 0.5) is 5.69 Å². The second kappa shape index (κ2) is 4.97. The maximum absolute atomic E-state index is 6.00. The molecule has 0 aliphatic carbocycles. The van der Waals surface area contributed by atoms with Crippen LogP contribution in [0.3, 0.4) is 0 Å². The molecule has 0 saturated carbocycles. The third-order valence-corrected chi connectivity index (χ3v) is 2.57. The first-order valence-electron chi connectivity index (χ1n) is 5.06. The lowest BCUT2D eigenvalue weighted by Crippen LogP contribution is -1.92. The number of nitrogens with two attached hydrogens (primary N) is 1. The van der Waals surface area contributed by atoms with Crippen molar-refractivity contribution in [2.45, 2.75) is 0 Å². The van der Waals surface area contributed by atoms with E-state index >= 15 is 0 Å². The van der Waals surface area contributed by atoms with Crippen LogP contribution in [0.5, 0.6) is 17.2 Å². The van der Waals surface area contributed by atoms with Crippen molar-refractivity contribution in [1.29, 1.82) is 0 Å². The first-order chi connectivity index (χ1) is 8.20. The highest BCUT2D eigenvalue weighted by Crippen LogP contribution is 2.32. The fraction of sp³-hybridized carbons (Fsp3) is 0.0769. The number of anilines is 1. The molecule has 88 valence electrons. The SMILES string of the molecule is COc1ccc(Oc2ccccc2N)cc1Cl. The molecule has 0 radical (unpaired) electrons. The molecular weight excluding hydrogens is 238 g/mol. The monoisotopic (exact) mass is 249 g/mol. The van der Waals surface area contributed by atoms with Gasteiger partial charge in [-0.3, -0.25) is 0 Å². The number of halogens is 1. The van der Waals surface area contributed by atoms with Crippen molar-refractivity contribution < 1.29 is 9.47 Å². The van der Waals surface area contributed by atoms with Crippen molar-refractivity contribution in [3.05, 3.63) is 47.5 Å². The molecule has 0 aliphatic rings. The van der Waals surface area contributed by atoms with E-state index in [9.17, 15) is 0 Å². The highest BCUT2D eigenvalue weighted by atomic mass is 35.5. The van der Waals surface area contributed by atoms with E-state index in [0.29, 0.717) is 28.0 Å². The maximum Gasteiger partial charge on any atom is 0.150 e. The molecular formula is C13H12ClNO2. The fourth-order valence-corrected chi connectivity index (χ4v) is 1.66. The molecule has 0 unspecified atom stereocenters. The predicted octanol–water partition coefficient (Wildman–Crippen LogP) is 3.72. The van der Waals surface area contributed by atoms with Crippen molar-refractivity contribution >= 4 is 17.3 Å². The smallest absolute Gasteiger partial charge is 0.150 e. The summed E-state index contributed by atoms with van der Waals surface area (Å²) in [7, 11) is 1.57. The highest BCUT2D eigenvalue weighted by Gasteiger charge is 2.05. The van der Waals surface area contributed by atoms with E-state index in [2.05, 4.69) is 0 Å². The number of para-hydroxylation sites is 2. The van der Waals surface area contributed by atoms with Gasteiger partial charge >= 0.3 is 0 Å². The van der Waals surface area contributed by atoms with Crippen LogP contribution in [0.15, 0.2) is 42.5 Å². The Morgan fingerprint density at radius 2 is 1.82 bits per heavy atom. The molecule has 0 aliphatic heterocycles. The van der Waals surface area contributed by atoms with Gasteiger partial charge in [-0.2, -0.15) is 0 Å². The molecule has 3 nitrogen and oxygen atoms in total. The topological polar surface area (TPSA) is 44.5 Å². The molecule has 2 aromatic rings. The summed E-state index contributed by atoms with van der Waals surface area (Å²) in [5.74, 6) is 1.84. The van der Waals surface area contributed by atoms with Crippen LogP contribution in [0.25, 0.3) is 0 Å². The zero-order chi connectivity index (χ0) is 12.3. The zero-order valence-electron chi connectivity index (χ0n) is 9.31. The number of hydrogen-bond donors (Lipinski definition) is 1. The van der Waals surface area contributed by atoms with Gasteiger partial charge in [-0.05, 0) is 24.3 Å². The molecule has 0 amide bonds. The van der Waals surface area contributed by atoms with Gasteiger partial charge in [0, 0.05) is 6.07 Å². The number of nitrogen functional groups attached to an aromatic ring is 1. The van der Waals surface area contributed by atoms with Gasteiger partial charge in [-0.15, -0.1) is 0 Å². The van der Waals surface area contributed by atoms with Crippen molar-refractivity contribution in [3.8, 4) is 17.2 Å². The summed E-state index contributed by atoms with van der Waals surface area (Å²) in [6.45, 7) is 0. The second-order valence-corrected chi connectivity index (χ2v) is 3.84. The molecule has 2 aromatic carbocycles. The van der Waals surface area contributed by atoms with Crippen molar-refractivity contribution in [1.82, 2.24) is 0 Å². The molecule has 0 spiro atoms. The number of hydrogen-bond acceptors (Lipinski definition) is 3.